The van der Waals surface area contributed by atoms with Crippen LogP contribution < -0.4 is 5.56 Å². The number of nitrogens with zero attached hydrogens (tertiary/aromatic N) is 1. The molecule has 0 aliphatic heterocycles. The monoisotopic (exact) mass is 295 g/mol. The Balaban J connectivity index is 2.56. The molecule has 2 N–H and O–H groups in total. The van der Waals surface area contributed by atoms with Crippen molar-refractivity contribution in [3.8, 4) is 0 Å². The van der Waals surface area contributed by atoms with Gasteiger partial charge in [0.15, 0.2) is 11.6 Å². The highest BCUT2D eigenvalue weighted by molar-refractivity contribution is 5.87. The maximum atomic E-state index is 13.3. The summed E-state index contributed by atoms with van der Waals surface area (Å²) in [7, 11) is 0. The number of hydrogen-bond donors (Lipinski definition) is 2. The van der Waals surface area contributed by atoms with Gasteiger partial charge in [0.25, 0.3) is 5.56 Å². The first-order valence-corrected chi connectivity index (χ1v) is 5.96. The molecule has 0 aliphatic rings. The van der Waals surface area contributed by atoms with Crippen LogP contribution >= 0.6 is 0 Å². The van der Waals surface area contributed by atoms with Crippen molar-refractivity contribution in [2.45, 2.75) is 6.04 Å². The Hall–Kier alpha value is -2.54. The van der Waals surface area contributed by atoms with Gasteiger partial charge in [-0.05, 0) is 29.8 Å². The summed E-state index contributed by atoms with van der Waals surface area (Å²) in [5.74, 6) is -3.58. The SMILES string of the molecule is O=C(O)c1cccn([C@H](CO)c2ccc(F)c(F)c2)c1=O. The van der Waals surface area contributed by atoms with E-state index in [1.165, 1.54) is 18.3 Å². The van der Waals surface area contributed by atoms with E-state index in [-0.39, 0.29) is 5.56 Å². The maximum absolute atomic E-state index is 13.3. The van der Waals surface area contributed by atoms with Crippen molar-refractivity contribution in [3.63, 3.8) is 0 Å². The molecule has 0 radical (unpaired) electrons. The molecule has 1 aromatic carbocycles. The summed E-state index contributed by atoms with van der Waals surface area (Å²) in [5, 5.41) is 18.3. The average molecular weight is 295 g/mol. The molecule has 2 aromatic rings. The molecule has 0 aliphatic carbocycles. The number of carboxylic acid groups (broad SMARTS) is 1. The zero-order valence-corrected chi connectivity index (χ0v) is 10.7. The zero-order chi connectivity index (χ0) is 15.6. The lowest BCUT2D eigenvalue weighted by atomic mass is 10.1. The molecule has 21 heavy (non-hydrogen) atoms. The number of hydrogen-bond acceptors (Lipinski definition) is 3. The fourth-order valence-electron chi connectivity index (χ4n) is 1.99. The van der Waals surface area contributed by atoms with Crippen molar-refractivity contribution < 1.29 is 23.8 Å². The minimum Gasteiger partial charge on any atom is -0.477 e. The van der Waals surface area contributed by atoms with Crippen LogP contribution in [0.2, 0.25) is 0 Å². The van der Waals surface area contributed by atoms with Gasteiger partial charge in [0.05, 0.1) is 12.6 Å². The van der Waals surface area contributed by atoms with E-state index < -0.39 is 41.4 Å². The van der Waals surface area contributed by atoms with Gasteiger partial charge in [0, 0.05) is 6.20 Å². The fraction of sp³-hybridized carbons (Fsp3) is 0.143. The highest BCUT2D eigenvalue weighted by Crippen LogP contribution is 2.19. The Labute approximate surface area is 117 Å². The highest BCUT2D eigenvalue weighted by Gasteiger charge is 2.19. The number of aromatic nitrogens is 1. The third kappa shape index (κ3) is 2.82. The largest absolute Gasteiger partial charge is 0.477 e. The summed E-state index contributed by atoms with van der Waals surface area (Å²) < 4.78 is 27.2. The molecule has 0 amide bonds. The number of aliphatic hydroxyl groups is 1. The van der Waals surface area contributed by atoms with Gasteiger partial charge in [0.2, 0.25) is 0 Å². The van der Waals surface area contributed by atoms with Crippen LogP contribution in [0.15, 0.2) is 41.3 Å². The normalized spacial score (nSPS) is 12.1. The zero-order valence-electron chi connectivity index (χ0n) is 10.7. The maximum Gasteiger partial charge on any atom is 0.341 e. The van der Waals surface area contributed by atoms with E-state index in [0.717, 1.165) is 22.8 Å². The third-order valence-electron chi connectivity index (χ3n) is 3.04. The van der Waals surface area contributed by atoms with Crippen molar-refractivity contribution >= 4 is 5.97 Å². The van der Waals surface area contributed by atoms with Gasteiger partial charge in [-0.15, -0.1) is 0 Å². The molecule has 0 saturated heterocycles. The Morgan fingerprint density at radius 1 is 1.24 bits per heavy atom. The first-order chi connectivity index (χ1) is 9.95. The van der Waals surface area contributed by atoms with Crippen molar-refractivity contribution in [3.05, 3.63) is 69.6 Å². The Morgan fingerprint density at radius 2 is 1.95 bits per heavy atom. The molecule has 1 atom stereocenters. The number of halogens is 2. The number of carboxylic acids is 1. The van der Waals surface area contributed by atoms with Crippen LogP contribution in [0.3, 0.4) is 0 Å². The summed E-state index contributed by atoms with van der Waals surface area (Å²) in [6, 6.07) is 4.40. The molecule has 5 nitrogen and oxygen atoms in total. The molecule has 7 heteroatoms. The van der Waals surface area contributed by atoms with E-state index in [2.05, 4.69) is 0 Å². The molecule has 0 unspecified atom stereocenters. The van der Waals surface area contributed by atoms with Crippen molar-refractivity contribution in [2.75, 3.05) is 6.61 Å². The summed E-state index contributed by atoms with van der Waals surface area (Å²) >= 11 is 0. The first-order valence-electron chi connectivity index (χ1n) is 5.96. The van der Waals surface area contributed by atoms with Crippen molar-refractivity contribution in [1.29, 1.82) is 0 Å². The second kappa shape index (κ2) is 5.84. The van der Waals surface area contributed by atoms with Gasteiger partial charge in [0.1, 0.15) is 5.56 Å². The fourth-order valence-corrected chi connectivity index (χ4v) is 1.99. The minimum absolute atomic E-state index is 0.154. The predicted octanol–water partition coefficient (Wildman–Crippen LogP) is 1.41. The molecule has 2 rings (SSSR count). The molecule has 0 fully saturated rings. The lowest BCUT2D eigenvalue weighted by Crippen LogP contribution is -2.31. The molecule has 1 heterocycles. The van der Waals surface area contributed by atoms with E-state index in [9.17, 15) is 23.5 Å². The Kier molecular flexibility index (Phi) is 4.13. The lowest BCUT2D eigenvalue weighted by Gasteiger charge is -2.18. The number of benzene rings is 1. The van der Waals surface area contributed by atoms with Crippen LogP contribution in [-0.4, -0.2) is 27.4 Å². The van der Waals surface area contributed by atoms with Crippen LogP contribution in [0.1, 0.15) is 22.0 Å². The Bertz CT molecular complexity index is 742. The summed E-state index contributed by atoms with van der Waals surface area (Å²) in [6.45, 7) is -0.575. The smallest absolute Gasteiger partial charge is 0.341 e. The van der Waals surface area contributed by atoms with Crippen molar-refractivity contribution in [1.82, 2.24) is 4.57 Å². The van der Waals surface area contributed by atoms with Gasteiger partial charge < -0.3 is 14.8 Å². The van der Waals surface area contributed by atoms with Crippen LogP contribution in [0, 0.1) is 11.6 Å². The third-order valence-corrected chi connectivity index (χ3v) is 3.04. The first kappa shape index (κ1) is 14.9. The predicted molar refractivity (Wildman–Crippen MR) is 69.2 cm³/mol. The van der Waals surface area contributed by atoms with Crippen molar-refractivity contribution in [2.24, 2.45) is 0 Å². The van der Waals surface area contributed by atoms with E-state index in [1.54, 1.807) is 0 Å². The average Bonchev–Trinajstić information content (AvgIpc) is 2.45. The molecule has 0 spiro atoms. The molecule has 110 valence electrons. The lowest BCUT2D eigenvalue weighted by molar-refractivity contribution is 0.0693. The van der Waals surface area contributed by atoms with Crippen LogP contribution in [0.5, 0.6) is 0 Å². The molecule has 0 bridgehead atoms. The molecule has 0 saturated carbocycles. The number of aliphatic hydroxyl groups excluding tert-OH is 1. The number of rotatable bonds is 4. The van der Waals surface area contributed by atoms with Gasteiger partial charge in [-0.1, -0.05) is 6.07 Å². The minimum atomic E-state index is -1.41. The second-order valence-electron chi connectivity index (χ2n) is 4.31. The summed E-state index contributed by atoms with van der Waals surface area (Å²) in [6.07, 6.45) is 1.27. The van der Waals surface area contributed by atoms with Gasteiger partial charge in [-0.25, -0.2) is 13.6 Å². The molecular formula is C14H11F2NO4. The number of aromatic carboxylic acids is 1. The summed E-state index contributed by atoms with van der Waals surface area (Å²) in [4.78, 5) is 23.0. The topological polar surface area (TPSA) is 79.5 Å². The van der Waals surface area contributed by atoms with E-state index in [4.69, 9.17) is 5.11 Å². The van der Waals surface area contributed by atoms with Crippen LogP contribution in [-0.2, 0) is 0 Å². The van der Waals surface area contributed by atoms with Gasteiger partial charge >= 0.3 is 5.97 Å². The van der Waals surface area contributed by atoms with Crippen LogP contribution in [0.4, 0.5) is 8.78 Å². The van der Waals surface area contributed by atoms with E-state index >= 15 is 0 Å². The van der Waals surface area contributed by atoms with Crippen LogP contribution in [0.25, 0.3) is 0 Å². The standard InChI is InChI=1S/C14H11F2NO4/c15-10-4-3-8(6-11(10)16)12(7-18)17-5-1-2-9(13(17)19)14(20)21/h1-6,12,18H,7H2,(H,20,21)/t12-/m1/s1. The van der Waals surface area contributed by atoms with Gasteiger partial charge in [-0.2, -0.15) is 0 Å². The molecular weight excluding hydrogens is 284 g/mol. The van der Waals surface area contributed by atoms with Gasteiger partial charge in [-0.3, -0.25) is 4.79 Å². The molecule has 1 aromatic heterocycles. The highest BCUT2D eigenvalue weighted by atomic mass is 19.2. The summed E-state index contributed by atoms with van der Waals surface area (Å²) in [5.41, 5.74) is -1.16. The van der Waals surface area contributed by atoms with E-state index in [0.29, 0.717) is 0 Å². The quantitative estimate of drug-likeness (QED) is 0.893. The number of pyridine rings is 1. The second-order valence-corrected chi connectivity index (χ2v) is 4.31. The number of carbonyl (C=O) groups is 1. The van der Waals surface area contributed by atoms with E-state index in [1.807, 2.05) is 0 Å². The Morgan fingerprint density at radius 3 is 2.52 bits per heavy atom.